The van der Waals surface area contributed by atoms with E-state index in [1.807, 2.05) is 42.0 Å². The molecule has 0 N–H and O–H groups in total. The number of ether oxygens (including phenoxy) is 1. The van der Waals surface area contributed by atoms with Crippen LogP contribution >= 0.6 is 0 Å². The monoisotopic (exact) mass is 226 g/mol. The fourth-order valence-electron chi connectivity index (χ4n) is 1.90. The molecule has 0 radical (unpaired) electrons. The van der Waals surface area contributed by atoms with Crippen LogP contribution in [0.15, 0.2) is 36.8 Å². The standard InChI is InChI=1S/C13H12N3O/c1-10-3-2-4-11-7-16(9-17-13(10)11)12-5-6-14-8-15-12/h2-8H,9H2,1H3/q+1. The average molecular weight is 226 g/mol. The van der Waals surface area contributed by atoms with Crippen LogP contribution in [0.4, 0.5) is 5.82 Å². The van der Waals surface area contributed by atoms with Crippen LogP contribution in [-0.4, -0.2) is 27.5 Å². The third-order valence-electron chi connectivity index (χ3n) is 2.75. The first kappa shape index (κ1) is 9.96. The van der Waals surface area contributed by atoms with Gasteiger partial charge < -0.3 is 4.74 Å². The highest BCUT2D eigenvalue weighted by Crippen LogP contribution is 2.25. The number of para-hydroxylation sites is 1. The molecule has 0 aliphatic carbocycles. The van der Waals surface area contributed by atoms with Crippen LogP contribution < -0.4 is 4.74 Å². The molecule has 0 saturated carbocycles. The van der Waals surface area contributed by atoms with E-state index >= 15 is 0 Å². The summed E-state index contributed by atoms with van der Waals surface area (Å²) in [5.74, 6) is 1.80. The predicted molar refractivity (Wildman–Crippen MR) is 63.8 cm³/mol. The smallest absolute Gasteiger partial charge is 0.329 e. The van der Waals surface area contributed by atoms with Crippen LogP contribution in [0.1, 0.15) is 11.1 Å². The zero-order valence-corrected chi connectivity index (χ0v) is 9.50. The lowest BCUT2D eigenvalue weighted by Crippen LogP contribution is -2.21. The summed E-state index contributed by atoms with van der Waals surface area (Å²) in [6.07, 6.45) is 5.31. The van der Waals surface area contributed by atoms with Crippen molar-refractivity contribution in [3.63, 3.8) is 0 Å². The van der Waals surface area contributed by atoms with Crippen LogP contribution in [0, 0.1) is 6.92 Å². The summed E-state index contributed by atoms with van der Waals surface area (Å²) in [7, 11) is 0. The number of aromatic nitrogens is 2. The molecule has 1 aromatic carbocycles. The highest BCUT2D eigenvalue weighted by atomic mass is 16.5. The first-order valence-corrected chi connectivity index (χ1v) is 5.44. The molecule has 4 heteroatoms. The third kappa shape index (κ3) is 1.78. The highest BCUT2D eigenvalue weighted by Gasteiger charge is 2.18. The van der Waals surface area contributed by atoms with Crippen molar-refractivity contribution in [3.8, 4) is 5.75 Å². The quantitative estimate of drug-likeness (QED) is 0.697. The minimum Gasteiger partial charge on any atom is -0.453 e. The second-order valence-electron chi connectivity index (χ2n) is 3.93. The van der Waals surface area contributed by atoms with Crippen molar-refractivity contribution in [3.05, 3.63) is 47.9 Å². The molecular weight excluding hydrogens is 214 g/mol. The summed E-state index contributed by atoms with van der Waals surface area (Å²) in [4.78, 5) is 8.11. The van der Waals surface area contributed by atoms with E-state index in [0.29, 0.717) is 6.73 Å². The van der Waals surface area contributed by atoms with Crippen LogP contribution in [0.25, 0.3) is 0 Å². The van der Waals surface area contributed by atoms with Crippen LogP contribution in [0.5, 0.6) is 5.75 Å². The number of hydrogen-bond acceptors (Lipinski definition) is 3. The van der Waals surface area contributed by atoms with Gasteiger partial charge in [-0.15, -0.1) is 0 Å². The summed E-state index contributed by atoms with van der Waals surface area (Å²) in [6.45, 7) is 2.53. The number of hydrogen-bond donors (Lipinski definition) is 0. The van der Waals surface area contributed by atoms with Crippen LogP contribution in [-0.2, 0) is 0 Å². The second-order valence-corrected chi connectivity index (χ2v) is 3.93. The highest BCUT2D eigenvalue weighted by molar-refractivity contribution is 5.82. The zero-order chi connectivity index (χ0) is 11.7. The van der Waals surface area contributed by atoms with Gasteiger partial charge in [-0.1, -0.05) is 12.1 Å². The first-order chi connectivity index (χ1) is 8.34. The normalized spacial score (nSPS) is 13.6. The molecule has 0 spiro atoms. The Labute approximate surface area is 99.2 Å². The van der Waals surface area contributed by atoms with Gasteiger partial charge in [-0.3, -0.25) is 0 Å². The Balaban J connectivity index is 2.07. The number of aryl methyl sites for hydroxylation is 1. The van der Waals surface area contributed by atoms with Crippen molar-refractivity contribution < 1.29 is 9.31 Å². The summed E-state index contributed by atoms with van der Waals surface area (Å²) in [6, 6.07) is 7.97. The van der Waals surface area contributed by atoms with Crippen molar-refractivity contribution in [1.29, 1.82) is 0 Å². The Morgan fingerprint density at radius 3 is 3.06 bits per heavy atom. The molecule has 0 unspecified atom stereocenters. The van der Waals surface area contributed by atoms with E-state index in [9.17, 15) is 0 Å². The van der Waals surface area contributed by atoms with Crippen molar-refractivity contribution in [2.75, 3.05) is 6.73 Å². The fourth-order valence-corrected chi connectivity index (χ4v) is 1.90. The van der Waals surface area contributed by atoms with Gasteiger partial charge in [0.1, 0.15) is 12.0 Å². The maximum atomic E-state index is 5.76. The van der Waals surface area contributed by atoms with Gasteiger partial charge in [-0.25, -0.2) is 4.98 Å². The molecule has 0 saturated heterocycles. The van der Waals surface area contributed by atoms with Crippen LogP contribution in [0.2, 0.25) is 0 Å². The molecular formula is C13H12N3O+. The van der Waals surface area contributed by atoms with Gasteiger partial charge >= 0.3 is 5.82 Å². The summed E-state index contributed by atoms with van der Waals surface area (Å²) in [5.41, 5.74) is 2.23. The zero-order valence-electron chi connectivity index (χ0n) is 9.50. The lowest BCUT2D eigenvalue weighted by molar-refractivity contribution is -0.479. The van der Waals surface area contributed by atoms with Gasteiger partial charge in [0.05, 0.1) is 11.6 Å². The number of rotatable bonds is 1. The van der Waals surface area contributed by atoms with E-state index in [2.05, 4.69) is 9.97 Å². The van der Waals surface area contributed by atoms with E-state index in [1.165, 1.54) is 6.33 Å². The molecule has 1 aromatic heterocycles. The van der Waals surface area contributed by atoms with Crippen molar-refractivity contribution in [1.82, 2.24) is 9.97 Å². The number of benzene rings is 1. The summed E-state index contributed by atoms with van der Waals surface area (Å²) >= 11 is 0. The fraction of sp³-hybridized carbons (Fsp3) is 0.154. The van der Waals surface area contributed by atoms with E-state index in [0.717, 1.165) is 22.7 Å². The predicted octanol–water partition coefficient (Wildman–Crippen LogP) is 1.90. The van der Waals surface area contributed by atoms with Gasteiger partial charge in [-0.2, -0.15) is 4.58 Å². The second kappa shape index (κ2) is 3.97. The lowest BCUT2D eigenvalue weighted by Gasteiger charge is -2.16. The molecule has 17 heavy (non-hydrogen) atoms. The molecule has 3 rings (SSSR count). The van der Waals surface area contributed by atoms with Gasteiger partial charge in [0.25, 0.3) is 0 Å². The third-order valence-corrected chi connectivity index (χ3v) is 2.75. The van der Waals surface area contributed by atoms with Crippen molar-refractivity contribution in [2.45, 2.75) is 6.92 Å². The summed E-state index contributed by atoms with van der Waals surface area (Å²) in [5, 5.41) is 0. The van der Waals surface area contributed by atoms with Gasteiger partial charge in [0.2, 0.25) is 13.1 Å². The van der Waals surface area contributed by atoms with Crippen LogP contribution in [0.3, 0.4) is 0 Å². The molecule has 1 aliphatic heterocycles. The Morgan fingerprint density at radius 2 is 2.24 bits per heavy atom. The van der Waals surface area contributed by atoms with E-state index < -0.39 is 0 Å². The minimum atomic E-state index is 0.481. The van der Waals surface area contributed by atoms with Gasteiger partial charge in [0, 0.05) is 6.20 Å². The molecule has 0 atom stereocenters. The molecule has 2 heterocycles. The van der Waals surface area contributed by atoms with E-state index in [1.54, 1.807) is 6.20 Å². The van der Waals surface area contributed by atoms with E-state index in [4.69, 9.17) is 4.74 Å². The Morgan fingerprint density at radius 1 is 1.29 bits per heavy atom. The van der Waals surface area contributed by atoms with Crippen molar-refractivity contribution >= 4 is 12.0 Å². The largest absolute Gasteiger partial charge is 0.453 e. The molecule has 0 fully saturated rings. The van der Waals surface area contributed by atoms with Crippen molar-refractivity contribution in [2.24, 2.45) is 0 Å². The lowest BCUT2D eigenvalue weighted by atomic mass is 10.1. The number of nitrogens with zero attached hydrogens (tertiary/aromatic N) is 3. The van der Waals surface area contributed by atoms with E-state index in [-0.39, 0.29) is 0 Å². The average Bonchev–Trinajstić information content (AvgIpc) is 2.40. The molecule has 1 aliphatic rings. The SMILES string of the molecule is Cc1cccc2c1OC[N+](c1ccncn1)=C2. The maximum absolute atomic E-state index is 5.76. The Bertz CT molecular complexity index is 578. The molecule has 0 amide bonds. The topological polar surface area (TPSA) is 38.0 Å². The Hall–Kier alpha value is -2.23. The molecule has 4 nitrogen and oxygen atoms in total. The summed E-state index contributed by atoms with van der Waals surface area (Å²) < 4.78 is 7.72. The molecule has 84 valence electrons. The van der Waals surface area contributed by atoms with Gasteiger partial charge in [0.15, 0.2) is 0 Å². The molecule has 0 bridgehead atoms. The molecule has 2 aromatic rings. The Kier molecular flexibility index (Phi) is 2.33. The number of fused-ring (bicyclic) bond motifs is 1. The minimum absolute atomic E-state index is 0.481. The van der Waals surface area contributed by atoms with Gasteiger partial charge in [-0.05, 0) is 23.5 Å². The first-order valence-electron chi connectivity index (χ1n) is 5.44. The maximum Gasteiger partial charge on any atom is 0.329 e.